The Bertz CT molecular complexity index is 380. The van der Waals surface area contributed by atoms with Crippen molar-refractivity contribution in [2.45, 2.75) is 18.8 Å². The SMILES string of the molecule is Cc1ccc(C2(CN)CC2CO)cc1F. The summed E-state index contributed by atoms with van der Waals surface area (Å²) in [6.45, 7) is 2.35. The van der Waals surface area contributed by atoms with Crippen molar-refractivity contribution >= 4 is 0 Å². The molecule has 0 amide bonds. The highest BCUT2D eigenvalue weighted by molar-refractivity contribution is 5.36. The Morgan fingerprint density at radius 1 is 1.60 bits per heavy atom. The molecule has 1 aromatic carbocycles. The van der Waals surface area contributed by atoms with Gasteiger partial charge in [-0.1, -0.05) is 12.1 Å². The molecule has 0 spiro atoms. The van der Waals surface area contributed by atoms with E-state index in [1.54, 1.807) is 19.1 Å². The summed E-state index contributed by atoms with van der Waals surface area (Å²) >= 11 is 0. The van der Waals surface area contributed by atoms with Gasteiger partial charge in [-0.15, -0.1) is 0 Å². The number of halogens is 1. The molecule has 0 saturated heterocycles. The highest BCUT2D eigenvalue weighted by Crippen LogP contribution is 2.53. The van der Waals surface area contributed by atoms with E-state index in [4.69, 9.17) is 10.8 Å². The Balaban J connectivity index is 2.33. The molecule has 2 atom stereocenters. The summed E-state index contributed by atoms with van der Waals surface area (Å²) in [4.78, 5) is 0. The van der Waals surface area contributed by atoms with E-state index in [0.29, 0.717) is 12.1 Å². The summed E-state index contributed by atoms with van der Waals surface area (Å²) < 4.78 is 13.4. The Kier molecular flexibility index (Phi) is 2.52. The Labute approximate surface area is 88.9 Å². The average molecular weight is 209 g/mol. The second-order valence-electron chi connectivity index (χ2n) is 4.41. The third-order valence-corrected chi connectivity index (χ3v) is 3.56. The van der Waals surface area contributed by atoms with Crippen LogP contribution in [0.25, 0.3) is 0 Å². The third kappa shape index (κ3) is 1.56. The molecule has 2 nitrogen and oxygen atoms in total. The van der Waals surface area contributed by atoms with Gasteiger partial charge in [-0.25, -0.2) is 4.39 Å². The minimum Gasteiger partial charge on any atom is -0.396 e. The zero-order valence-corrected chi connectivity index (χ0v) is 8.83. The number of aliphatic hydroxyl groups is 1. The van der Waals surface area contributed by atoms with E-state index in [1.165, 1.54) is 0 Å². The maximum atomic E-state index is 13.4. The van der Waals surface area contributed by atoms with Gasteiger partial charge < -0.3 is 10.8 Å². The molecule has 2 rings (SSSR count). The van der Waals surface area contributed by atoms with E-state index in [-0.39, 0.29) is 23.8 Å². The number of aliphatic hydroxyl groups excluding tert-OH is 1. The van der Waals surface area contributed by atoms with Gasteiger partial charge in [0, 0.05) is 18.6 Å². The molecule has 3 heteroatoms. The van der Waals surface area contributed by atoms with Gasteiger partial charge in [0.05, 0.1) is 0 Å². The zero-order chi connectivity index (χ0) is 11.1. The normalized spacial score (nSPS) is 29.2. The van der Waals surface area contributed by atoms with Crippen molar-refractivity contribution in [3.8, 4) is 0 Å². The molecule has 1 fully saturated rings. The molecule has 1 saturated carbocycles. The first-order valence-electron chi connectivity index (χ1n) is 5.21. The molecule has 0 aromatic heterocycles. The molecular weight excluding hydrogens is 193 g/mol. The van der Waals surface area contributed by atoms with E-state index in [1.807, 2.05) is 6.07 Å². The fourth-order valence-electron chi connectivity index (χ4n) is 2.24. The van der Waals surface area contributed by atoms with Crippen LogP contribution in [0.5, 0.6) is 0 Å². The van der Waals surface area contributed by atoms with Crippen molar-refractivity contribution < 1.29 is 9.50 Å². The van der Waals surface area contributed by atoms with Crippen molar-refractivity contribution in [1.29, 1.82) is 0 Å². The van der Waals surface area contributed by atoms with E-state index in [2.05, 4.69) is 0 Å². The van der Waals surface area contributed by atoms with Crippen LogP contribution in [0.4, 0.5) is 4.39 Å². The zero-order valence-electron chi connectivity index (χ0n) is 8.83. The quantitative estimate of drug-likeness (QED) is 0.789. The lowest BCUT2D eigenvalue weighted by molar-refractivity contribution is 0.264. The minimum atomic E-state index is -0.191. The Hall–Kier alpha value is -0.930. The standard InChI is InChI=1S/C12H16FNO/c1-8-2-3-9(4-11(8)13)12(7-14)5-10(12)6-15/h2-4,10,15H,5-7,14H2,1H3. The number of hydrogen-bond acceptors (Lipinski definition) is 2. The van der Waals surface area contributed by atoms with Crippen molar-refractivity contribution in [3.05, 3.63) is 35.1 Å². The van der Waals surface area contributed by atoms with E-state index in [9.17, 15) is 4.39 Å². The summed E-state index contributed by atoms with van der Waals surface area (Å²) in [6, 6.07) is 5.24. The highest BCUT2D eigenvalue weighted by Gasteiger charge is 2.53. The van der Waals surface area contributed by atoms with Crippen LogP contribution in [0.1, 0.15) is 17.5 Å². The third-order valence-electron chi connectivity index (χ3n) is 3.56. The van der Waals surface area contributed by atoms with E-state index in [0.717, 1.165) is 12.0 Å². The molecule has 82 valence electrons. The molecule has 0 aliphatic heterocycles. The number of benzene rings is 1. The smallest absolute Gasteiger partial charge is 0.126 e. The van der Waals surface area contributed by atoms with Crippen molar-refractivity contribution in [3.63, 3.8) is 0 Å². The second kappa shape index (κ2) is 3.58. The summed E-state index contributed by atoms with van der Waals surface area (Å²) in [7, 11) is 0. The first kappa shape index (κ1) is 10.6. The highest BCUT2D eigenvalue weighted by atomic mass is 19.1. The maximum Gasteiger partial charge on any atom is 0.126 e. The second-order valence-corrected chi connectivity index (χ2v) is 4.41. The first-order chi connectivity index (χ1) is 7.14. The van der Waals surface area contributed by atoms with Gasteiger partial charge in [0.15, 0.2) is 0 Å². The van der Waals surface area contributed by atoms with Crippen LogP contribution in [0.2, 0.25) is 0 Å². The van der Waals surface area contributed by atoms with Crippen LogP contribution in [0.15, 0.2) is 18.2 Å². The van der Waals surface area contributed by atoms with Gasteiger partial charge >= 0.3 is 0 Å². The van der Waals surface area contributed by atoms with Crippen LogP contribution in [0.3, 0.4) is 0 Å². The van der Waals surface area contributed by atoms with Crippen LogP contribution in [0, 0.1) is 18.7 Å². The van der Waals surface area contributed by atoms with Crippen LogP contribution in [-0.4, -0.2) is 18.3 Å². The monoisotopic (exact) mass is 209 g/mol. The molecule has 0 heterocycles. The lowest BCUT2D eigenvalue weighted by Crippen LogP contribution is -2.23. The number of rotatable bonds is 3. The number of aryl methyl sites for hydroxylation is 1. The summed E-state index contributed by atoms with van der Waals surface area (Å²) in [5.41, 5.74) is 7.11. The fourth-order valence-corrected chi connectivity index (χ4v) is 2.24. The van der Waals surface area contributed by atoms with Crippen LogP contribution < -0.4 is 5.73 Å². The molecule has 1 aliphatic rings. The van der Waals surface area contributed by atoms with Gasteiger partial charge in [0.1, 0.15) is 5.82 Å². The van der Waals surface area contributed by atoms with Crippen LogP contribution >= 0.6 is 0 Å². The summed E-state index contributed by atoms with van der Waals surface area (Å²) in [6.07, 6.45) is 0.864. The van der Waals surface area contributed by atoms with Crippen molar-refractivity contribution in [2.24, 2.45) is 11.7 Å². The first-order valence-corrected chi connectivity index (χ1v) is 5.21. The molecule has 0 radical (unpaired) electrons. The molecular formula is C12H16FNO. The Morgan fingerprint density at radius 2 is 2.33 bits per heavy atom. The lowest BCUT2D eigenvalue weighted by atomic mass is 9.92. The maximum absolute atomic E-state index is 13.4. The van der Waals surface area contributed by atoms with Crippen LogP contribution in [-0.2, 0) is 5.41 Å². The lowest BCUT2D eigenvalue weighted by Gasteiger charge is -2.15. The molecule has 0 bridgehead atoms. The molecule has 15 heavy (non-hydrogen) atoms. The fraction of sp³-hybridized carbons (Fsp3) is 0.500. The Morgan fingerprint density at radius 3 is 2.80 bits per heavy atom. The molecule has 1 aromatic rings. The van der Waals surface area contributed by atoms with Gasteiger partial charge in [-0.05, 0) is 36.5 Å². The van der Waals surface area contributed by atoms with Gasteiger partial charge in [-0.3, -0.25) is 0 Å². The van der Waals surface area contributed by atoms with Crippen molar-refractivity contribution in [2.75, 3.05) is 13.2 Å². The van der Waals surface area contributed by atoms with E-state index >= 15 is 0 Å². The van der Waals surface area contributed by atoms with Crippen molar-refractivity contribution in [1.82, 2.24) is 0 Å². The molecule has 2 unspecified atom stereocenters. The molecule has 3 N–H and O–H groups in total. The summed E-state index contributed by atoms with van der Waals surface area (Å²) in [5, 5.41) is 9.11. The minimum absolute atomic E-state index is 0.132. The van der Waals surface area contributed by atoms with E-state index < -0.39 is 0 Å². The average Bonchev–Trinajstić information content (AvgIpc) is 2.97. The van der Waals surface area contributed by atoms with Gasteiger partial charge in [0.25, 0.3) is 0 Å². The molecule has 1 aliphatic carbocycles. The van der Waals surface area contributed by atoms with Gasteiger partial charge in [0.2, 0.25) is 0 Å². The number of hydrogen-bond donors (Lipinski definition) is 2. The summed E-state index contributed by atoms with van der Waals surface area (Å²) in [5.74, 6) is 0.00789. The van der Waals surface area contributed by atoms with Gasteiger partial charge in [-0.2, -0.15) is 0 Å². The topological polar surface area (TPSA) is 46.2 Å². The largest absolute Gasteiger partial charge is 0.396 e. The number of nitrogens with two attached hydrogens (primary N) is 1. The predicted molar refractivity (Wildman–Crippen MR) is 57.1 cm³/mol. The predicted octanol–water partition coefficient (Wildman–Crippen LogP) is 1.34.